The van der Waals surface area contributed by atoms with Crippen molar-refractivity contribution in [3.05, 3.63) is 38.9 Å². The molecule has 0 heterocycles. The maximum Gasteiger partial charge on any atom is 0.416 e. The Labute approximate surface area is 108 Å². The first-order chi connectivity index (χ1) is 7.64. The summed E-state index contributed by atoms with van der Waals surface area (Å²) in [6.45, 7) is 2.73. The summed E-state index contributed by atoms with van der Waals surface area (Å²) in [5.41, 5.74) is 3.95. The Balaban J connectivity index is 0.00000289. The van der Waals surface area contributed by atoms with Crippen LogP contribution in [-0.4, -0.2) is 4.92 Å². The lowest BCUT2D eigenvalue weighted by molar-refractivity contribution is -0.385. The standard InChI is InChI=1S/C10H11F3N2O2.ClH/c1-5-8(6(2)14)3-7(15(16)17)4-9(5)10(11,12)13;/h3-4,6H,14H2,1-2H3;1H/t6-;/m1./s1. The van der Waals surface area contributed by atoms with Crippen LogP contribution in [0.5, 0.6) is 0 Å². The number of hydrogen-bond acceptors (Lipinski definition) is 3. The van der Waals surface area contributed by atoms with Crippen molar-refractivity contribution in [2.45, 2.75) is 26.1 Å². The quantitative estimate of drug-likeness (QED) is 0.669. The number of nitro benzene ring substituents is 1. The van der Waals surface area contributed by atoms with E-state index in [2.05, 4.69) is 0 Å². The molecule has 0 spiro atoms. The normalized spacial score (nSPS) is 12.8. The second kappa shape index (κ2) is 5.53. The highest BCUT2D eigenvalue weighted by molar-refractivity contribution is 5.85. The van der Waals surface area contributed by atoms with Crippen LogP contribution in [0.3, 0.4) is 0 Å². The number of benzene rings is 1. The summed E-state index contributed by atoms with van der Waals surface area (Å²) in [5, 5.41) is 10.6. The molecular formula is C10H12ClF3N2O2. The minimum absolute atomic E-state index is 0. The number of nitro groups is 1. The highest BCUT2D eigenvalue weighted by Crippen LogP contribution is 2.37. The number of hydrogen-bond donors (Lipinski definition) is 1. The van der Waals surface area contributed by atoms with E-state index in [1.54, 1.807) is 0 Å². The van der Waals surface area contributed by atoms with E-state index in [1.165, 1.54) is 13.8 Å². The summed E-state index contributed by atoms with van der Waals surface area (Å²) < 4.78 is 38.0. The maximum atomic E-state index is 12.7. The molecule has 0 aliphatic heterocycles. The van der Waals surface area contributed by atoms with Gasteiger partial charge in [-0.15, -0.1) is 12.4 Å². The summed E-state index contributed by atoms with van der Waals surface area (Å²) in [6, 6.07) is 0.909. The van der Waals surface area contributed by atoms with E-state index in [4.69, 9.17) is 5.73 Å². The van der Waals surface area contributed by atoms with Crippen molar-refractivity contribution in [1.29, 1.82) is 0 Å². The molecule has 0 aromatic heterocycles. The summed E-state index contributed by atoms with van der Waals surface area (Å²) >= 11 is 0. The number of nitrogens with two attached hydrogens (primary N) is 1. The van der Waals surface area contributed by atoms with Gasteiger partial charge in [0.15, 0.2) is 0 Å². The van der Waals surface area contributed by atoms with Gasteiger partial charge in [0.1, 0.15) is 0 Å². The first kappa shape index (κ1) is 16.7. The van der Waals surface area contributed by atoms with Crippen molar-refractivity contribution < 1.29 is 18.1 Å². The van der Waals surface area contributed by atoms with E-state index in [0.29, 0.717) is 6.07 Å². The SMILES string of the molecule is Cc1c([C@@H](C)N)cc([N+](=O)[O-])cc1C(F)(F)F.Cl. The van der Waals surface area contributed by atoms with E-state index in [0.717, 1.165) is 6.07 Å². The number of alkyl halides is 3. The van der Waals surface area contributed by atoms with Crippen molar-refractivity contribution >= 4 is 18.1 Å². The molecule has 18 heavy (non-hydrogen) atoms. The van der Waals surface area contributed by atoms with Gasteiger partial charge >= 0.3 is 6.18 Å². The zero-order valence-electron chi connectivity index (χ0n) is 9.62. The van der Waals surface area contributed by atoms with Gasteiger partial charge in [0.2, 0.25) is 0 Å². The predicted molar refractivity (Wildman–Crippen MR) is 62.7 cm³/mol. The lowest BCUT2D eigenvalue weighted by Crippen LogP contribution is -2.14. The van der Waals surface area contributed by atoms with Crippen LogP contribution in [0.2, 0.25) is 0 Å². The molecule has 0 unspecified atom stereocenters. The van der Waals surface area contributed by atoms with Crippen LogP contribution >= 0.6 is 12.4 Å². The van der Waals surface area contributed by atoms with Gasteiger partial charge in [0, 0.05) is 18.2 Å². The second-order valence-corrected chi connectivity index (χ2v) is 3.75. The highest BCUT2D eigenvalue weighted by Gasteiger charge is 2.35. The second-order valence-electron chi connectivity index (χ2n) is 3.75. The van der Waals surface area contributed by atoms with Crippen molar-refractivity contribution in [1.82, 2.24) is 0 Å². The Morgan fingerprint density at radius 3 is 2.22 bits per heavy atom. The van der Waals surface area contributed by atoms with Crippen molar-refractivity contribution in [2.75, 3.05) is 0 Å². The maximum absolute atomic E-state index is 12.7. The third-order valence-corrected chi connectivity index (χ3v) is 2.44. The van der Waals surface area contributed by atoms with Crippen LogP contribution in [0, 0.1) is 17.0 Å². The monoisotopic (exact) mass is 284 g/mol. The van der Waals surface area contributed by atoms with Crippen LogP contribution in [0.4, 0.5) is 18.9 Å². The molecule has 1 atom stereocenters. The molecule has 1 rings (SSSR count). The lowest BCUT2D eigenvalue weighted by Gasteiger charge is -2.16. The summed E-state index contributed by atoms with van der Waals surface area (Å²) in [5.74, 6) is 0. The number of non-ortho nitro benzene ring substituents is 1. The van der Waals surface area contributed by atoms with Gasteiger partial charge < -0.3 is 5.73 Å². The minimum atomic E-state index is -4.63. The molecular weight excluding hydrogens is 273 g/mol. The van der Waals surface area contributed by atoms with Gasteiger partial charge in [0.25, 0.3) is 5.69 Å². The highest BCUT2D eigenvalue weighted by atomic mass is 35.5. The molecule has 0 bridgehead atoms. The van der Waals surface area contributed by atoms with Crippen LogP contribution in [0.25, 0.3) is 0 Å². The van der Waals surface area contributed by atoms with Gasteiger partial charge in [0.05, 0.1) is 10.5 Å². The molecule has 1 aromatic rings. The van der Waals surface area contributed by atoms with Crippen LogP contribution in [-0.2, 0) is 6.18 Å². The van der Waals surface area contributed by atoms with E-state index < -0.39 is 28.4 Å². The van der Waals surface area contributed by atoms with Crippen LogP contribution < -0.4 is 5.73 Å². The molecule has 1 aromatic carbocycles. The Hall–Kier alpha value is -1.34. The fraction of sp³-hybridized carbons (Fsp3) is 0.400. The topological polar surface area (TPSA) is 69.2 Å². The number of nitrogens with zero attached hydrogens (tertiary/aromatic N) is 1. The van der Waals surface area contributed by atoms with Crippen molar-refractivity contribution in [3.8, 4) is 0 Å². The predicted octanol–water partition coefficient (Wildman–Crippen LogP) is 3.36. The molecule has 0 fully saturated rings. The molecule has 0 aliphatic rings. The molecule has 2 N–H and O–H groups in total. The fourth-order valence-corrected chi connectivity index (χ4v) is 1.59. The van der Waals surface area contributed by atoms with Crippen LogP contribution in [0.15, 0.2) is 12.1 Å². The third kappa shape index (κ3) is 3.33. The van der Waals surface area contributed by atoms with Gasteiger partial charge in [-0.3, -0.25) is 10.1 Å². The molecule has 8 heteroatoms. The fourth-order valence-electron chi connectivity index (χ4n) is 1.59. The average molecular weight is 285 g/mol. The van der Waals surface area contributed by atoms with E-state index >= 15 is 0 Å². The van der Waals surface area contributed by atoms with Gasteiger partial charge in [-0.05, 0) is 25.0 Å². The van der Waals surface area contributed by atoms with E-state index in [1.807, 2.05) is 0 Å². The van der Waals surface area contributed by atoms with Gasteiger partial charge in [-0.2, -0.15) is 13.2 Å². The zero-order valence-corrected chi connectivity index (χ0v) is 10.4. The largest absolute Gasteiger partial charge is 0.416 e. The Bertz CT molecular complexity index is 461. The zero-order chi connectivity index (χ0) is 13.4. The van der Waals surface area contributed by atoms with E-state index in [-0.39, 0.29) is 23.5 Å². The van der Waals surface area contributed by atoms with Crippen molar-refractivity contribution in [3.63, 3.8) is 0 Å². The molecule has 0 saturated heterocycles. The van der Waals surface area contributed by atoms with Crippen molar-refractivity contribution in [2.24, 2.45) is 5.73 Å². The lowest BCUT2D eigenvalue weighted by atomic mass is 9.96. The third-order valence-electron chi connectivity index (χ3n) is 2.44. The minimum Gasteiger partial charge on any atom is -0.324 e. The molecule has 0 amide bonds. The summed E-state index contributed by atoms with van der Waals surface area (Å²) in [4.78, 5) is 9.70. The first-order valence-electron chi connectivity index (χ1n) is 4.76. The van der Waals surface area contributed by atoms with E-state index in [9.17, 15) is 23.3 Å². The Morgan fingerprint density at radius 2 is 1.89 bits per heavy atom. The molecule has 4 nitrogen and oxygen atoms in total. The molecule has 102 valence electrons. The Morgan fingerprint density at radius 1 is 1.39 bits per heavy atom. The molecule has 0 radical (unpaired) electrons. The first-order valence-corrected chi connectivity index (χ1v) is 4.76. The Kier molecular flexibility index (Phi) is 5.12. The smallest absolute Gasteiger partial charge is 0.324 e. The van der Waals surface area contributed by atoms with Gasteiger partial charge in [-0.1, -0.05) is 0 Å². The molecule has 0 saturated carbocycles. The summed E-state index contributed by atoms with van der Waals surface area (Å²) in [6.07, 6.45) is -4.63. The average Bonchev–Trinajstić information content (AvgIpc) is 2.15. The van der Waals surface area contributed by atoms with Crippen LogP contribution in [0.1, 0.15) is 29.7 Å². The number of halogens is 4. The number of rotatable bonds is 2. The summed E-state index contributed by atoms with van der Waals surface area (Å²) in [7, 11) is 0. The molecule has 0 aliphatic carbocycles. The van der Waals surface area contributed by atoms with Gasteiger partial charge in [-0.25, -0.2) is 0 Å².